The lowest BCUT2D eigenvalue weighted by Gasteiger charge is -2.24. The van der Waals surface area contributed by atoms with Crippen LogP contribution < -0.4 is 15.4 Å². The van der Waals surface area contributed by atoms with Gasteiger partial charge in [-0.3, -0.25) is 19.8 Å². The molecule has 1 saturated heterocycles. The van der Waals surface area contributed by atoms with E-state index >= 15 is 0 Å². The molecule has 2 bridgehead atoms. The fraction of sp³-hybridized carbons (Fsp3) is 0.577. The van der Waals surface area contributed by atoms with Gasteiger partial charge in [0.2, 0.25) is 11.6 Å². The molecule has 37 heavy (non-hydrogen) atoms. The van der Waals surface area contributed by atoms with E-state index in [1.807, 2.05) is 12.1 Å². The van der Waals surface area contributed by atoms with E-state index in [1.54, 1.807) is 6.92 Å². The Morgan fingerprint density at radius 1 is 1.22 bits per heavy atom. The van der Waals surface area contributed by atoms with Crippen molar-refractivity contribution in [3.05, 3.63) is 45.5 Å². The minimum absolute atomic E-state index is 0.0201. The third-order valence-corrected chi connectivity index (χ3v) is 8.18. The minimum Gasteiger partial charge on any atom is -0.465 e. The number of carbonyl (C=O) groups is 1. The van der Waals surface area contributed by atoms with Crippen LogP contribution in [0.3, 0.4) is 0 Å². The summed E-state index contributed by atoms with van der Waals surface area (Å²) in [6, 6.07) is 8.07. The number of esters is 1. The normalized spacial score (nSPS) is 27.0. The van der Waals surface area contributed by atoms with E-state index in [0.717, 1.165) is 54.9 Å². The van der Waals surface area contributed by atoms with Crippen LogP contribution in [0.15, 0.2) is 24.3 Å². The van der Waals surface area contributed by atoms with Gasteiger partial charge < -0.3 is 20.1 Å². The van der Waals surface area contributed by atoms with Gasteiger partial charge in [0.15, 0.2) is 0 Å². The average Bonchev–Trinajstić information content (AvgIpc) is 3.51. The number of fused-ring (bicyclic) bond motifs is 1. The summed E-state index contributed by atoms with van der Waals surface area (Å²) in [4.78, 5) is 36.5. The lowest BCUT2D eigenvalue weighted by atomic mass is 10.1. The van der Waals surface area contributed by atoms with Crippen LogP contribution in [0.1, 0.15) is 37.3 Å². The molecular weight excluding hydrogens is 476 g/mol. The van der Waals surface area contributed by atoms with Gasteiger partial charge in [-0.15, -0.1) is 0 Å². The molecule has 196 valence electrons. The Morgan fingerprint density at radius 3 is 2.65 bits per heavy atom. The highest BCUT2D eigenvalue weighted by Gasteiger charge is 2.81. The van der Waals surface area contributed by atoms with E-state index in [-0.39, 0.29) is 43.4 Å². The maximum absolute atomic E-state index is 12.5. The van der Waals surface area contributed by atoms with Crippen LogP contribution in [0.4, 0.5) is 17.3 Å². The highest BCUT2D eigenvalue weighted by Crippen LogP contribution is 2.82. The van der Waals surface area contributed by atoms with Crippen LogP contribution in [0.25, 0.3) is 0 Å². The Hall–Kier alpha value is -3.47. The van der Waals surface area contributed by atoms with E-state index in [4.69, 9.17) is 15.2 Å². The minimum atomic E-state index is -0.604. The molecule has 4 saturated carbocycles. The third kappa shape index (κ3) is 4.68. The molecule has 5 atom stereocenters. The molecule has 7 rings (SSSR count). The fourth-order valence-corrected chi connectivity index (χ4v) is 6.44. The molecule has 1 aromatic heterocycles. The molecule has 0 amide bonds. The zero-order chi connectivity index (χ0) is 25.7. The van der Waals surface area contributed by atoms with Crippen molar-refractivity contribution in [3.8, 4) is 6.01 Å². The van der Waals surface area contributed by atoms with E-state index in [1.165, 1.54) is 17.7 Å². The van der Waals surface area contributed by atoms with Crippen molar-refractivity contribution in [2.24, 2.45) is 23.7 Å². The molecular formula is C26H32N6O5. The van der Waals surface area contributed by atoms with Crippen molar-refractivity contribution < 1.29 is 19.2 Å². The molecule has 2 heterocycles. The second kappa shape index (κ2) is 9.44. The first-order chi connectivity index (χ1) is 17.9. The van der Waals surface area contributed by atoms with Crippen molar-refractivity contribution in [3.63, 3.8) is 0 Å². The molecule has 2 aromatic rings. The van der Waals surface area contributed by atoms with Crippen LogP contribution in [-0.4, -0.2) is 58.1 Å². The number of aromatic nitrogens is 2. The Labute approximate surface area is 215 Å². The van der Waals surface area contributed by atoms with Crippen LogP contribution in [0.5, 0.6) is 6.01 Å². The molecule has 1 aromatic carbocycles. The first-order valence-corrected chi connectivity index (χ1v) is 13.1. The van der Waals surface area contributed by atoms with Crippen molar-refractivity contribution in [2.75, 3.05) is 36.9 Å². The van der Waals surface area contributed by atoms with Gasteiger partial charge >= 0.3 is 17.7 Å². The molecule has 5 fully saturated rings. The molecule has 11 heteroatoms. The number of benzene rings is 1. The van der Waals surface area contributed by atoms with Crippen LogP contribution in [0.2, 0.25) is 0 Å². The number of nitrogens with zero attached hydrogens (tertiary/aromatic N) is 5. The van der Waals surface area contributed by atoms with E-state index in [2.05, 4.69) is 27.0 Å². The number of nitrogens with two attached hydrogens (primary N) is 1. The maximum atomic E-state index is 12.5. The first kappa shape index (κ1) is 23.9. The van der Waals surface area contributed by atoms with E-state index in [0.29, 0.717) is 5.92 Å². The lowest BCUT2D eigenvalue weighted by Crippen LogP contribution is -2.32. The number of hydrogen-bond acceptors (Lipinski definition) is 10. The van der Waals surface area contributed by atoms with Crippen molar-refractivity contribution in [2.45, 2.75) is 45.4 Å². The standard InChI is InChI=1S/C26H32N6O5/c1-2-36-19(33)14-31(13-16-7-5-6-15(10-16)12-30-8-3-4-9-30)25-23(32(34)35)24(27)28-26(29-25)37-18-11-17-20-21(17)22(18)20/h5-7,10,17-18,20-22H,2-4,8-9,11-14H2,1H3,(H2,27,28,29)/t17?,18-,20-,21?,22?/m1/s1. The molecule has 0 spiro atoms. The Morgan fingerprint density at radius 2 is 1.97 bits per heavy atom. The molecule has 1 aliphatic heterocycles. The summed E-state index contributed by atoms with van der Waals surface area (Å²) in [6.45, 7) is 4.91. The second-order valence-corrected chi connectivity index (χ2v) is 10.6. The third-order valence-electron chi connectivity index (χ3n) is 8.18. The van der Waals surface area contributed by atoms with Gasteiger partial charge in [-0.2, -0.15) is 9.97 Å². The fourth-order valence-electron chi connectivity index (χ4n) is 6.44. The van der Waals surface area contributed by atoms with Gasteiger partial charge in [-0.1, -0.05) is 24.3 Å². The van der Waals surface area contributed by atoms with Gasteiger partial charge in [-0.25, -0.2) is 0 Å². The smallest absolute Gasteiger partial charge is 0.353 e. The van der Waals surface area contributed by atoms with Crippen molar-refractivity contribution in [1.82, 2.24) is 14.9 Å². The molecule has 4 aliphatic carbocycles. The predicted octanol–water partition coefficient (Wildman–Crippen LogP) is 2.78. The number of carbonyl (C=O) groups excluding carboxylic acids is 1. The Kier molecular flexibility index (Phi) is 6.10. The quantitative estimate of drug-likeness (QED) is 0.274. The second-order valence-electron chi connectivity index (χ2n) is 10.6. The lowest BCUT2D eigenvalue weighted by molar-refractivity contribution is -0.383. The van der Waals surface area contributed by atoms with Gasteiger partial charge in [-0.05, 0) is 68.2 Å². The highest BCUT2D eigenvalue weighted by molar-refractivity contribution is 5.78. The number of hydrogen-bond donors (Lipinski definition) is 1. The molecule has 3 unspecified atom stereocenters. The monoisotopic (exact) mass is 508 g/mol. The maximum Gasteiger partial charge on any atom is 0.353 e. The summed E-state index contributed by atoms with van der Waals surface area (Å²) < 4.78 is 11.3. The predicted molar refractivity (Wildman–Crippen MR) is 135 cm³/mol. The van der Waals surface area contributed by atoms with Gasteiger partial charge in [0.05, 0.1) is 11.5 Å². The first-order valence-electron chi connectivity index (χ1n) is 13.1. The largest absolute Gasteiger partial charge is 0.465 e. The number of nitro groups is 1. The summed E-state index contributed by atoms with van der Waals surface area (Å²) in [6.07, 6.45) is 3.40. The van der Waals surface area contributed by atoms with Crippen LogP contribution in [0, 0.1) is 33.8 Å². The van der Waals surface area contributed by atoms with Gasteiger partial charge in [0, 0.05) is 19.0 Å². The summed E-state index contributed by atoms with van der Waals surface area (Å²) in [5.74, 6) is 2.01. The number of nitrogen functional groups attached to an aromatic ring is 1. The van der Waals surface area contributed by atoms with Crippen molar-refractivity contribution in [1.29, 1.82) is 0 Å². The number of rotatable bonds is 11. The number of likely N-dealkylation sites (tertiary alicyclic amines) is 1. The molecule has 0 radical (unpaired) electrons. The summed E-state index contributed by atoms with van der Waals surface area (Å²) in [5, 5.41) is 12.0. The summed E-state index contributed by atoms with van der Waals surface area (Å²) in [5.41, 5.74) is 7.67. The average molecular weight is 509 g/mol. The zero-order valence-electron chi connectivity index (χ0n) is 20.9. The molecule has 5 aliphatic rings. The molecule has 2 N–H and O–H groups in total. The Bertz CT molecular complexity index is 1200. The highest BCUT2D eigenvalue weighted by atomic mass is 16.6. The Balaban J connectivity index is 1.29. The van der Waals surface area contributed by atoms with Crippen LogP contribution in [-0.2, 0) is 22.6 Å². The van der Waals surface area contributed by atoms with Crippen molar-refractivity contribution >= 4 is 23.3 Å². The summed E-state index contributed by atoms with van der Waals surface area (Å²) in [7, 11) is 0. The van der Waals surface area contributed by atoms with Gasteiger partial charge in [0.25, 0.3) is 0 Å². The number of anilines is 2. The SMILES string of the molecule is CCOC(=O)CN(Cc1cccc(CN2CCCC2)c1)c1nc(O[C@@H]2CC3C4C2[C@H]34)nc(N)c1[N+](=O)[O-]. The topological polar surface area (TPSA) is 137 Å². The summed E-state index contributed by atoms with van der Waals surface area (Å²) >= 11 is 0. The zero-order valence-corrected chi connectivity index (χ0v) is 20.9. The number of ether oxygens (including phenoxy) is 2. The van der Waals surface area contributed by atoms with Gasteiger partial charge in [0.1, 0.15) is 12.6 Å². The van der Waals surface area contributed by atoms with E-state index < -0.39 is 16.6 Å². The van der Waals surface area contributed by atoms with Crippen LogP contribution >= 0.6 is 0 Å². The molecule has 11 nitrogen and oxygen atoms in total. The van der Waals surface area contributed by atoms with E-state index in [9.17, 15) is 14.9 Å².